The predicted molar refractivity (Wildman–Crippen MR) is 105 cm³/mol. The van der Waals surface area contributed by atoms with E-state index in [1.165, 1.54) is 5.56 Å². The third kappa shape index (κ3) is 5.71. The number of aromatic nitrogens is 2. The van der Waals surface area contributed by atoms with Gasteiger partial charge in [-0.25, -0.2) is 5.43 Å². The number of methoxy groups -OCH3 is 1. The number of hydrazone groups is 1. The van der Waals surface area contributed by atoms with E-state index >= 15 is 0 Å². The van der Waals surface area contributed by atoms with Crippen molar-refractivity contribution >= 4 is 17.8 Å². The second-order valence-corrected chi connectivity index (χ2v) is 5.84. The number of amides is 1. The Morgan fingerprint density at radius 2 is 2.07 bits per heavy atom. The maximum atomic E-state index is 11.9. The van der Waals surface area contributed by atoms with Gasteiger partial charge >= 0.3 is 0 Å². The van der Waals surface area contributed by atoms with Gasteiger partial charge in [0.2, 0.25) is 0 Å². The van der Waals surface area contributed by atoms with Gasteiger partial charge in [-0.15, -0.1) is 0 Å². The van der Waals surface area contributed by atoms with Crippen molar-refractivity contribution in [3.63, 3.8) is 0 Å². The fraction of sp³-hybridized carbons (Fsp3) is 0.150. The molecule has 0 spiro atoms. The van der Waals surface area contributed by atoms with Crippen LogP contribution in [0.5, 0.6) is 5.75 Å². The average Bonchev–Trinajstić information content (AvgIpc) is 3.14. The first-order valence-corrected chi connectivity index (χ1v) is 8.49. The summed E-state index contributed by atoms with van der Waals surface area (Å²) in [6.07, 6.45) is 5.14. The monoisotopic (exact) mass is 363 g/mol. The molecule has 2 aromatic carbocycles. The van der Waals surface area contributed by atoms with Gasteiger partial charge in [0.15, 0.2) is 0 Å². The molecular formula is C20H21N5O2. The van der Waals surface area contributed by atoms with Crippen molar-refractivity contribution in [1.82, 2.24) is 15.2 Å². The number of carbonyl (C=O) groups excluding carboxylic acids is 1. The fourth-order valence-corrected chi connectivity index (χ4v) is 2.44. The van der Waals surface area contributed by atoms with Crippen molar-refractivity contribution in [1.29, 1.82) is 0 Å². The van der Waals surface area contributed by atoms with E-state index in [2.05, 4.69) is 20.9 Å². The number of nitrogens with one attached hydrogen (secondary N) is 2. The largest absolute Gasteiger partial charge is 0.497 e. The number of ether oxygens (including phenoxy) is 1. The molecule has 2 N–H and O–H groups in total. The van der Waals surface area contributed by atoms with E-state index < -0.39 is 0 Å². The van der Waals surface area contributed by atoms with Gasteiger partial charge in [0.1, 0.15) is 5.75 Å². The van der Waals surface area contributed by atoms with Gasteiger partial charge in [-0.1, -0.05) is 36.4 Å². The molecular weight excluding hydrogens is 342 g/mol. The van der Waals surface area contributed by atoms with E-state index in [9.17, 15) is 4.79 Å². The van der Waals surface area contributed by atoms with Crippen molar-refractivity contribution in [2.75, 3.05) is 19.0 Å². The molecule has 7 heteroatoms. The molecule has 0 bridgehead atoms. The second-order valence-electron chi connectivity index (χ2n) is 5.84. The first-order valence-electron chi connectivity index (χ1n) is 8.49. The number of hydrogen-bond donors (Lipinski definition) is 2. The molecule has 0 saturated heterocycles. The first-order chi connectivity index (χ1) is 13.2. The quantitative estimate of drug-likeness (QED) is 0.476. The summed E-state index contributed by atoms with van der Waals surface area (Å²) < 4.78 is 6.97. The smallest absolute Gasteiger partial charge is 0.259 e. The van der Waals surface area contributed by atoms with Crippen LogP contribution in [0.15, 0.2) is 72.1 Å². The van der Waals surface area contributed by atoms with Gasteiger partial charge in [0, 0.05) is 23.5 Å². The van der Waals surface area contributed by atoms with Crippen molar-refractivity contribution in [2.45, 2.75) is 6.54 Å². The molecule has 0 saturated carbocycles. The second kappa shape index (κ2) is 9.19. The number of benzene rings is 2. The van der Waals surface area contributed by atoms with Crippen LogP contribution in [0.3, 0.4) is 0 Å². The van der Waals surface area contributed by atoms with Crippen molar-refractivity contribution < 1.29 is 9.53 Å². The number of nitrogens with zero attached hydrogens (tertiary/aromatic N) is 3. The number of anilines is 1. The van der Waals surface area contributed by atoms with E-state index in [4.69, 9.17) is 4.74 Å². The Balaban J connectivity index is 1.45. The van der Waals surface area contributed by atoms with Gasteiger partial charge < -0.3 is 10.1 Å². The Labute approximate surface area is 157 Å². The van der Waals surface area contributed by atoms with Crippen LogP contribution in [0.2, 0.25) is 0 Å². The highest BCUT2D eigenvalue weighted by atomic mass is 16.5. The van der Waals surface area contributed by atoms with Crippen LogP contribution in [0.25, 0.3) is 0 Å². The van der Waals surface area contributed by atoms with Crippen molar-refractivity contribution in [3.8, 4) is 5.75 Å². The van der Waals surface area contributed by atoms with E-state index in [0.717, 1.165) is 17.0 Å². The van der Waals surface area contributed by atoms with E-state index in [1.54, 1.807) is 19.5 Å². The third-order valence-electron chi connectivity index (χ3n) is 3.77. The van der Waals surface area contributed by atoms with Crippen LogP contribution >= 0.6 is 0 Å². The summed E-state index contributed by atoms with van der Waals surface area (Å²) >= 11 is 0. The molecule has 0 aliphatic heterocycles. The molecule has 0 unspecified atom stereocenters. The summed E-state index contributed by atoms with van der Waals surface area (Å²) in [4.78, 5) is 11.9. The predicted octanol–water partition coefficient (Wildman–Crippen LogP) is 2.50. The van der Waals surface area contributed by atoms with Crippen LogP contribution in [0.1, 0.15) is 11.1 Å². The van der Waals surface area contributed by atoms with Crippen molar-refractivity contribution in [3.05, 3.63) is 78.1 Å². The van der Waals surface area contributed by atoms with Gasteiger partial charge in [-0.05, 0) is 17.7 Å². The van der Waals surface area contributed by atoms with Gasteiger partial charge in [0.05, 0.1) is 32.6 Å². The molecule has 0 fully saturated rings. The summed E-state index contributed by atoms with van der Waals surface area (Å²) in [5.41, 5.74) is 5.27. The Bertz CT molecular complexity index is 906. The maximum absolute atomic E-state index is 11.9. The lowest BCUT2D eigenvalue weighted by molar-refractivity contribution is -0.119. The molecule has 1 amide bonds. The third-order valence-corrected chi connectivity index (χ3v) is 3.77. The number of hydrogen-bond acceptors (Lipinski definition) is 5. The topological polar surface area (TPSA) is 80.5 Å². The minimum atomic E-state index is -0.245. The standard InChI is InChI=1S/C20H21N5O2/c1-27-19-9-5-8-18(10-19)21-13-20(26)24-22-11-17-12-23-25(15-17)14-16-6-3-2-4-7-16/h2-12,15,21H,13-14H2,1H3,(H,24,26)/b22-11-. The van der Waals surface area contributed by atoms with Crippen LogP contribution in [-0.2, 0) is 11.3 Å². The zero-order valence-electron chi connectivity index (χ0n) is 15.0. The molecule has 0 aliphatic carbocycles. The lowest BCUT2D eigenvalue weighted by Crippen LogP contribution is -2.25. The van der Waals surface area contributed by atoms with Crippen LogP contribution in [0.4, 0.5) is 5.69 Å². The first kappa shape index (κ1) is 18.2. The SMILES string of the molecule is COc1cccc(NCC(=O)N/N=C\c2cnn(Cc3ccccc3)c2)c1. The molecule has 27 heavy (non-hydrogen) atoms. The molecule has 0 atom stereocenters. The van der Waals surface area contributed by atoms with E-state index in [1.807, 2.05) is 65.5 Å². The molecule has 0 aliphatic rings. The summed E-state index contributed by atoms with van der Waals surface area (Å²) in [6, 6.07) is 17.4. The summed E-state index contributed by atoms with van der Waals surface area (Å²) in [5.74, 6) is 0.483. The van der Waals surface area contributed by atoms with E-state index in [0.29, 0.717) is 6.54 Å². The lowest BCUT2D eigenvalue weighted by atomic mass is 10.2. The molecule has 0 radical (unpaired) electrons. The molecule has 3 aromatic rings. The van der Waals surface area contributed by atoms with Crippen LogP contribution in [-0.4, -0.2) is 35.6 Å². The Kier molecular flexibility index (Phi) is 6.19. The average molecular weight is 363 g/mol. The van der Waals surface area contributed by atoms with Gasteiger partial charge in [-0.2, -0.15) is 10.2 Å². The zero-order valence-corrected chi connectivity index (χ0v) is 15.0. The molecule has 3 rings (SSSR count). The minimum absolute atomic E-state index is 0.109. The van der Waals surface area contributed by atoms with Crippen LogP contribution < -0.4 is 15.5 Å². The van der Waals surface area contributed by atoms with Gasteiger partial charge in [-0.3, -0.25) is 9.48 Å². The van der Waals surface area contributed by atoms with E-state index in [-0.39, 0.29) is 12.5 Å². The summed E-state index contributed by atoms with van der Waals surface area (Å²) in [5, 5.41) is 11.3. The Morgan fingerprint density at radius 3 is 2.89 bits per heavy atom. The van der Waals surface area contributed by atoms with Gasteiger partial charge in [0.25, 0.3) is 5.91 Å². The summed E-state index contributed by atoms with van der Waals surface area (Å²) in [6.45, 7) is 0.795. The Morgan fingerprint density at radius 1 is 1.22 bits per heavy atom. The normalized spacial score (nSPS) is 10.7. The highest BCUT2D eigenvalue weighted by Gasteiger charge is 2.01. The zero-order chi connectivity index (χ0) is 18.9. The summed E-state index contributed by atoms with van der Waals surface area (Å²) in [7, 11) is 1.60. The number of carbonyl (C=O) groups is 1. The lowest BCUT2D eigenvalue weighted by Gasteiger charge is -2.06. The fourth-order valence-electron chi connectivity index (χ4n) is 2.44. The van der Waals surface area contributed by atoms with Crippen LogP contribution in [0, 0.1) is 0 Å². The molecule has 1 heterocycles. The number of rotatable bonds is 8. The molecule has 7 nitrogen and oxygen atoms in total. The maximum Gasteiger partial charge on any atom is 0.259 e. The molecule has 1 aromatic heterocycles. The highest BCUT2D eigenvalue weighted by molar-refractivity contribution is 5.84. The minimum Gasteiger partial charge on any atom is -0.497 e. The Hall–Kier alpha value is -3.61. The highest BCUT2D eigenvalue weighted by Crippen LogP contribution is 2.16. The van der Waals surface area contributed by atoms with Crippen molar-refractivity contribution in [2.24, 2.45) is 5.10 Å². The molecule has 138 valence electrons.